The van der Waals surface area contributed by atoms with Crippen molar-refractivity contribution in [2.45, 2.75) is 40.5 Å². The van der Waals surface area contributed by atoms with Crippen LogP contribution in [0.4, 0.5) is 5.82 Å². The van der Waals surface area contributed by atoms with Crippen molar-refractivity contribution in [1.82, 2.24) is 19.7 Å². The summed E-state index contributed by atoms with van der Waals surface area (Å²) in [6, 6.07) is 1.93. The number of nitrogen functional groups attached to an aromatic ring is 1. The van der Waals surface area contributed by atoms with Gasteiger partial charge in [-0.15, -0.1) is 0 Å². The monoisotopic (exact) mass is 245 g/mol. The SMILES string of the molecule is CCCc1nn(-c2nc(C)cc(C)n2)c(N)c1C. The van der Waals surface area contributed by atoms with Gasteiger partial charge in [-0.2, -0.15) is 9.78 Å². The van der Waals surface area contributed by atoms with Gasteiger partial charge in [0.1, 0.15) is 5.82 Å². The van der Waals surface area contributed by atoms with E-state index in [1.165, 1.54) is 0 Å². The normalized spacial score (nSPS) is 10.9. The molecule has 0 unspecified atom stereocenters. The molecule has 2 rings (SSSR count). The molecule has 0 bridgehead atoms. The van der Waals surface area contributed by atoms with Crippen LogP contribution in [-0.2, 0) is 6.42 Å². The van der Waals surface area contributed by atoms with Gasteiger partial charge in [0, 0.05) is 17.0 Å². The lowest BCUT2D eigenvalue weighted by atomic mass is 10.2. The molecule has 18 heavy (non-hydrogen) atoms. The second-order valence-corrected chi connectivity index (χ2v) is 4.57. The first-order valence-corrected chi connectivity index (χ1v) is 6.19. The van der Waals surface area contributed by atoms with Crippen LogP contribution in [0, 0.1) is 20.8 Å². The molecule has 2 N–H and O–H groups in total. The molecule has 2 heterocycles. The summed E-state index contributed by atoms with van der Waals surface area (Å²) in [6.45, 7) is 8.00. The molecule has 0 amide bonds. The molecule has 0 saturated carbocycles. The molecule has 0 aromatic carbocycles. The van der Waals surface area contributed by atoms with Gasteiger partial charge in [0.2, 0.25) is 0 Å². The first-order chi connectivity index (χ1) is 8.52. The van der Waals surface area contributed by atoms with Gasteiger partial charge >= 0.3 is 0 Å². The van der Waals surface area contributed by atoms with E-state index in [9.17, 15) is 0 Å². The Balaban J connectivity index is 2.53. The summed E-state index contributed by atoms with van der Waals surface area (Å²) >= 11 is 0. The van der Waals surface area contributed by atoms with Gasteiger partial charge in [0.15, 0.2) is 0 Å². The molecule has 5 nitrogen and oxygen atoms in total. The molecule has 0 aliphatic carbocycles. The molecule has 0 saturated heterocycles. The van der Waals surface area contributed by atoms with Crippen LogP contribution in [0.25, 0.3) is 5.95 Å². The van der Waals surface area contributed by atoms with Crippen LogP contribution in [0.15, 0.2) is 6.07 Å². The highest BCUT2D eigenvalue weighted by Crippen LogP contribution is 2.19. The largest absolute Gasteiger partial charge is 0.383 e. The van der Waals surface area contributed by atoms with Crippen molar-refractivity contribution in [3.05, 3.63) is 28.7 Å². The first kappa shape index (κ1) is 12.5. The maximum absolute atomic E-state index is 6.09. The zero-order valence-electron chi connectivity index (χ0n) is 11.4. The fourth-order valence-electron chi connectivity index (χ4n) is 1.99. The average Bonchev–Trinajstić information content (AvgIpc) is 2.57. The summed E-state index contributed by atoms with van der Waals surface area (Å²) in [5, 5.41) is 4.52. The maximum atomic E-state index is 6.09. The number of hydrogen-bond acceptors (Lipinski definition) is 4. The van der Waals surface area contributed by atoms with Crippen molar-refractivity contribution < 1.29 is 0 Å². The van der Waals surface area contributed by atoms with E-state index in [1.54, 1.807) is 4.68 Å². The average molecular weight is 245 g/mol. The van der Waals surface area contributed by atoms with Crippen LogP contribution in [0.2, 0.25) is 0 Å². The minimum Gasteiger partial charge on any atom is -0.383 e. The van der Waals surface area contributed by atoms with E-state index in [0.717, 1.165) is 35.5 Å². The number of anilines is 1. The van der Waals surface area contributed by atoms with Crippen molar-refractivity contribution in [3.63, 3.8) is 0 Å². The number of aromatic nitrogens is 4. The molecule has 0 spiro atoms. The van der Waals surface area contributed by atoms with Gasteiger partial charge in [0.05, 0.1) is 5.69 Å². The molecule has 0 radical (unpaired) electrons. The first-order valence-electron chi connectivity index (χ1n) is 6.19. The van der Waals surface area contributed by atoms with E-state index in [1.807, 2.05) is 26.8 Å². The second-order valence-electron chi connectivity index (χ2n) is 4.57. The quantitative estimate of drug-likeness (QED) is 0.899. The summed E-state index contributed by atoms with van der Waals surface area (Å²) in [7, 11) is 0. The standard InChI is InChI=1S/C13H19N5/c1-5-6-11-10(4)12(14)18(17-11)13-15-8(2)7-9(3)16-13/h7H,5-6,14H2,1-4H3. The summed E-state index contributed by atoms with van der Waals surface area (Å²) < 4.78 is 1.64. The van der Waals surface area contributed by atoms with Crippen molar-refractivity contribution in [3.8, 4) is 5.95 Å². The lowest BCUT2D eigenvalue weighted by molar-refractivity contribution is 0.765. The van der Waals surface area contributed by atoms with Crippen molar-refractivity contribution in [2.75, 3.05) is 5.73 Å². The Hall–Kier alpha value is -1.91. The molecule has 2 aromatic heterocycles. The van der Waals surface area contributed by atoms with Gasteiger partial charge < -0.3 is 5.73 Å². The third-order valence-corrected chi connectivity index (χ3v) is 2.91. The predicted octanol–water partition coefficient (Wildman–Crippen LogP) is 2.12. The number of nitrogens with two attached hydrogens (primary N) is 1. The lowest BCUT2D eigenvalue weighted by Crippen LogP contribution is -2.08. The highest BCUT2D eigenvalue weighted by atomic mass is 15.4. The highest BCUT2D eigenvalue weighted by molar-refractivity contribution is 5.46. The Labute approximate surface area is 107 Å². The number of aryl methyl sites for hydroxylation is 3. The van der Waals surface area contributed by atoms with E-state index in [0.29, 0.717) is 11.8 Å². The Morgan fingerprint density at radius 2 is 1.78 bits per heavy atom. The minimum atomic E-state index is 0.551. The van der Waals surface area contributed by atoms with Crippen LogP contribution in [0.1, 0.15) is 36.0 Å². The predicted molar refractivity (Wildman–Crippen MR) is 71.8 cm³/mol. The molecule has 5 heteroatoms. The van der Waals surface area contributed by atoms with E-state index < -0.39 is 0 Å². The number of nitrogens with zero attached hydrogens (tertiary/aromatic N) is 4. The smallest absolute Gasteiger partial charge is 0.252 e. The van der Waals surface area contributed by atoms with Crippen molar-refractivity contribution in [2.24, 2.45) is 0 Å². The van der Waals surface area contributed by atoms with E-state index in [-0.39, 0.29) is 0 Å². The van der Waals surface area contributed by atoms with Crippen LogP contribution < -0.4 is 5.73 Å². The van der Waals surface area contributed by atoms with Crippen molar-refractivity contribution in [1.29, 1.82) is 0 Å². The topological polar surface area (TPSA) is 69.6 Å². The number of rotatable bonds is 3. The fraction of sp³-hybridized carbons (Fsp3) is 0.462. The van der Waals surface area contributed by atoms with E-state index >= 15 is 0 Å². The lowest BCUT2D eigenvalue weighted by Gasteiger charge is -2.04. The minimum absolute atomic E-state index is 0.551. The molecule has 2 aromatic rings. The molecular formula is C13H19N5. The Bertz CT molecular complexity index is 551. The molecule has 96 valence electrons. The highest BCUT2D eigenvalue weighted by Gasteiger charge is 2.14. The Kier molecular flexibility index (Phi) is 3.32. The third-order valence-electron chi connectivity index (χ3n) is 2.91. The Morgan fingerprint density at radius 1 is 1.17 bits per heavy atom. The van der Waals surface area contributed by atoms with Crippen LogP contribution >= 0.6 is 0 Å². The van der Waals surface area contributed by atoms with Gasteiger partial charge in [-0.1, -0.05) is 13.3 Å². The van der Waals surface area contributed by atoms with E-state index in [2.05, 4.69) is 22.0 Å². The van der Waals surface area contributed by atoms with E-state index in [4.69, 9.17) is 5.73 Å². The molecule has 0 aliphatic rings. The van der Waals surface area contributed by atoms with Crippen LogP contribution in [0.5, 0.6) is 0 Å². The molecule has 0 fully saturated rings. The summed E-state index contributed by atoms with van der Waals surface area (Å²) in [6.07, 6.45) is 1.97. The third kappa shape index (κ3) is 2.20. The zero-order chi connectivity index (χ0) is 13.3. The Morgan fingerprint density at radius 3 is 2.33 bits per heavy atom. The van der Waals surface area contributed by atoms with Crippen LogP contribution in [0.3, 0.4) is 0 Å². The molecular weight excluding hydrogens is 226 g/mol. The van der Waals surface area contributed by atoms with Gasteiger partial charge in [0.25, 0.3) is 5.95 Å². The molecule has 0 aliphatic heterocycles. The summed E-state index contributed by atoms with van der Waals surface area (Å²) in [5.74, 6) is 1.18. The fourth-order valence-corrected chi connectivity index (χ4v) is 1.99. The van der Waals surface area contributed by atoms with Gasteiger partial charge in [-0.25, -0.2) is 9.97 Å². The molecule has 0 atom stereocenters. The number of hydrogen-bond donors (Lipinski definition) is 1. The summed E-state index contributed by atoms with van der Waals surface area (Å²) in [4.78, 5) is 8.78. The van der Waals surface area contributed by atoms with Crippen molar-refractivity contribution >= 4 is 5.82 Å². The summed E-state index contributed by atoms with van der Waals surface area (Å²) in [5.41, 5.74) is 9.98. The zero-order valence-corrected chi connectivity index (χ0v) is 11.4. The maximum Gasteiger partial charge on any atom is 0.252 e. The van der Waals surface area contributed by atoms with Crippen LogP contribution in [-0.4, -0.2) is 19.7 Å². The van der Waals surface area contributed by atoms with Gasteiger partial charge in [-0.05, 0) is 33.3 Å². The second kappa shape index (κ2) is 4.76. The van der Waals surface area contributed by atoms with Gasteiger partial charge in [-0.3, -0.25) is 0 Å².